The van der Waals surface area contributed by atoms with Crippen LogP contribution in [0.3, 0.4) is 0 Å². The SMILES string of the molecule is CC(C)(CCNC(=O)C1CSCN1)CCC(=O)O. The molecule has 1 rings (SSSR count). The quantitative estimate of drug-likeness (QED) is 0.646. The van der Waals surface area contributed by atoms with Gasteiger partial charge in [-0.1, -0.05) is 13.8 Å². The molecule has 0 aromatic rings. The van der Waals surface area contributed by atoms with Crippen molar-refractivity contribution in [2.24, 2.45) is 5.41 Å². The lowest BCUT2D eigenvalue weighted by Crippen LogP contribution is -2.43. The molecule has 0 saturated carbocycles. The molecule has 0 aromatic carbocycles. The Bertz CT molecular complexity index is 302. The predicted octanol–water partition coefficient (Wildman–Crippen LogP) is 1.05. The van der Waals surface area contributed by atoms with E-state index in [9.17, 15) is 9.59 Å². The van der Waals surface area contributed by atoms with Crippen molar-refractivity contribution >= 4 is 23.6 Å². The summed E-state index contributed by atoms with van der Waals surface area (Å²) >= 11 is 1.72. The van der Waals surface area contributed by atoms with Crippen molar-refractivity contribution in [2.45, 2.75) is 39.2 Å². The monoisotopic (exact) mass is 274 g/mol. The molecule has 1 unspecified atom stereocenters. The Labute approximate surface area is 112 Å². The summed E-state index contributed by atoms with van der Waals surface area (Å²) in [4.78, 5) is 22.2. The van der Waals surface area contributed by atoms with Crippen LogP contribution in [0, 0.1) is 5.41 Å². The summed E-state index contributed by atoms with van der Waals surface area (Å²) in [5.41, 5.74) is -0.0521. The van der Waals surface area contributed by atoms with Crippen LogP contribution in [0.5, 0.6) is 0 Å². The van der Waals surface area contributed by atoms with Crippen LogP contribution in [0.25, 0.3) is 0 Å². The number of carbonyl (C=O) groups excluding carboxylic acids is 1. The Morgan fingerprint density at radius 3 is 2.72 bits per heavy atom. The van der Waals surface area contributed by atoms with Gasteiger partial charge in [0, 0.05) is 24.6 Å². The van der Waals surface area contributed by atoms with E-state index in [1.807, 2.05) is 13.8 Å². The van der Waals surface area contributed by atoms with Gasteiger partial charge >= 0.3 is 5.97 Å². The number of hydrogen-bond acceptors (Lipinski definition) is 4. The zero-order chi connectivity index (χ0) is 13.6. The average Bonchev–Trinajstić information content (AvgIpc) is 2.79. The second-order valence-corrected chi connectivity index (χ2v) is 6.40. The molecule has 1 amide bonds. The molecule has 1 aliphatic heterocycles. The van der Waals surface area contributed by atoms with Crippen molar-refractivity contribution in [1.82, 2.24) is 10.6 Å². The first kappa shape index (κ1) is 15.3. The number of carbonyl (C=O) groups is 2. The summed E-state index contributed by atoms with van der Waals surface area (Å²) in [6, 6.07) is -0.0721. The smallest absolute Gasteiger partial charge is 0.303 e. The first-order chi connectivity index (χ1) is 8.41. The van der Waals surface area contributed by atoms with Gasteiger partial charge in [-0.15, -0.1) is 11.8 Å². The van der Waals surface area contributed by atoms with E-state index in [1.165, 1.54) is 0 Å². The van der Waals surface area contributed by atoms with E-state index in [0.29, 0.717) is 13.0 Å². The largest absolute Gasteiger partial charge is 0.481 e. The number of hydrogen-bond donors (Lipinski definition) is 3. The van der Waals surface area contributed by atoms with Crippen molar-refractivity contribution in [3.63, 3.8) is 0 Å². The van der Waals surface area contributed by atoms with Gasteiger partial charge in [0.15, 0.2) is 0 Å². The lowest BCUT2D eigenvalue weighted by molar-refractivity contribution is -0.137. The van der Waals surface area contributed by atoms with Gasteiger partial charge in [-0.25, -0.2) is 0 Å². The summed E-state index contributed by atoms with van der Waals surface area (Å²) in [6.07, 6.45) is 1.61. The molecule has 6 heteroatoms. The highest BCUT2D eigenvalue weighted by Gasteiger charge is 2.23. The highest BCUT2D eigenvalue weighted by atomic mass is 32.2. The van der Waals surface area contributed by atoms with E-state index in [-0.39, 0.29) is 23.8 Å². The summed E-state index contributed by atoms with van der Waals surface area (Å²) < 4.78 is 0. The number of amides is 1. The topological polar surface area (TPSA) is 78.4 Å². The second kappa shape index (κ2) is 6.99. The number of carboxylic acids is 1. The van der Waals surface area contributed by atoms with E-state index in [2.05, 4.69) is 10.6 Å². The molecule has 5 nitrogen and oxygen atoms in total. The maximum Gasteiger partial charge on any atom is 0.303 e. The standard InChI is InChI=1S/C12H22N2O3S/c1-12(2,4-3-10(15)16)5-6-13-11(17)9-7-18-8-14-9/h9,14H,3-8H2,1-2H3,(H,13,17)(H,15,16). The molecule has 0 spiro atoms. The maximum absolute atomic E-state index is 11.7. The molecule has 1 aliphatic rings. The van der Waals surface area contributed by atoms with Gasteiger partial charge in [0.05, 0.1) is 6.04 Å². The summed E-state index contributed by atoms with van der Waals surface area (Å²) in [7, 11) is 0. The number of rotatable bonds is 7. The second-order valence-electron chi connectivity index (χ2n) is 5.37. The predicted molar refractivity (Wildman–Crippen MR) is 72.5 cm³/mol. The van der Waals surface area contributed by atoms with Gasteiger partial charge < -0.3 is 10.4 Å². The fraction of sp³-hybridized carbons (Fsp3) is 0.833. The third kappa shape index (κ3) is 5.73. The van der Waals surface area contributed by atoms with Crippen LogP contribution in [0.1, 0.15) is 33.1 Å². The van der Waals surface area contributed by atoms with Crippen LogP contribution < -0.4 is 10.6 Å². The molecule has 0 aromatic heterocycles. The number of thioether (sulfide) groups is 1. The zero-order valence-corrected chi connectivity index (χ0v) is 11.8. The van der Waals surface area contributed by atoms with Gasteiger partial charge in [-0.3, -0.25) is 14.9 Å². The molecule has 3 N–H and O–H groups in total. The Morgan fingerprint density at radius 2 is 2.17 bits per heavy atom. The Kier molecular flexibility index (Phi) is 5.95. The molecule has 1 fully saturated rings. The zero-order valence-electron chi connectivity index (χ0n) is 11.0. The van der Waals surface area contributed by atoms with Crippen molar-refractivity contribution in [2.75, 3.05) is 18.2 Å². The molecular formula is C12H22N2O3S. The van der Waals surface area contributed by atoms with E-state index in [0.717, 1.165) is 18.1 Å². The average molecular weight is 274 g/mol. The maximum atomic E-state index is 11.7. The van der Waals surface area contributed by atoms with Gasteiger partial charge in [0.25, 0.3) is 0 Å². The fourth-order valence-electron chi connectivity index (χ4n) is 1.78. The van der Waals surface area contributed by atoms with Crippen molar-refractivity contribution < 1.29 is 14.7 Å². The third-order valence-corrected chi connectivity index (χ3v) is 4.09. The normalized spacial score (nSPS) is 19.8. The Hall–Kier alpha value is -0.750. The van der Waals surface area contributed by atoms with Crippen LogP contribution in [-0.4, -0.2) is 41.2 Å². The number of nitrogens with one attached hydrogen (secondary N) is 2. The molecule has 1 heterocycles. The minimum atomic E-state index is -0.765. The van der Waals surface area contributed by atoms with Crippen LogP contribution in [0.2, 0.25) is 0 Å². The minimum Gasteiger partial charge on any atom is -0.481 e. The van der Waals surface area contributed by atoms with E-state index < -0.39 is 5.97 Å². The summed E-state index contributed by atoms with van der Waals surface area (Å²) in [5, 5.41) is 14.7. The lowest BCUT2D eigenvalue weighted by atomic mass is 9.84. The molecule has 1 atom stereocenters. The van der Waals surface area contributed by atoms with Gasteiger partial charge in [-0.2, -0.15) is 0 Å². The van der Waals surface area contributed by atoms with E-state index >= 15 is 0 Å². The minimum absolute atomic E-state index is 0.0500. The molecule has 0 radical (unpaired) electrons. The Morgan fingerprint density at radius 1 is 1.44 bits per heavy atom. The van der Waals surface area contributed by atoms with Gasteiger partial charge in [-0.05, 0) is 18.3 Å². The fourth-order valence-corrected chi connectivity index (χ4v) is 2.72. The molecule has 0 bridgehead atoms. The first-order valence-electron chi connectivity index (χ1n) is 6.21. The highest BCUT2D eigenvalue weighted by Crippen LogP contribution is 2.26. The summed E-state index contributed by atoms with van der Waals surface area (Å²) in [5.74, 6) is 0.949. The van der Waals surface area contributed by atoms with E-state index in [4.69, 9.17) is 5.11 Å². The summed E-state index contributed by atoms with van der Waals surface area (Å²) in [6.45, 7) is 4.67. The third-order valence-electron chi connectivity index (χ3n) is 3.15. The number of carboxylic acid groups (broad SMARTS) is 1. The van der Waals surface area contributed by atoms with Crippen molar-refractivity contribution in [3.8, 4) is 0 Å². The van der Waals surface area contributed by atoms with Crippen molar-refractivity contribution in [1.29, 1.82) is 0 Å². The van der Waals surface area contributed by atoms with Gasteiger partial charge in [0.1, 0.15) is 0 Å². The molecule has 18 heavy (non-hydrogen) atoms. The van der Waals surface area contributed by atoms with Gasteiger partial charge in [0.2, 0.25) is 5.91 Å². The molecule has 1 saturated heterocycles. The van der Waals surface area contributed by atoms with Crippen LogP contribution in [-0.2, 0) is 9.59 Å². The Balaban J connectivity index is 2.19. The van der Waals surface area contributed by atoms with Crippen LogP contribution in [0.4, 0.5) is 0 Å². The van der Waals surface area contributed by atoms with E-state index in [1.54, 1.807) is 11.8 Å². The first-order valence-corrected chi connectivity index (χ1v) is 7.37. The molecule has 104 valence electrons. The van der Waals surface area contributed by atoms with Crippen LogP contribution in [0.15, 0.2) is 0 Å². The van der Waals surface area contributed by atoms with Crippen molar-refractivity contribution in [3.05, 3.63) is 0 Å². The molecule has 0 aliphatic carbocycles. The van der Waals surface area contributed by atoms with Crippen LogP contribution >= 0.6 is 11.8 Å². The highest BCUT2D eigenvalue weighted by molar-refractivity contribution is 7.99. The lowest BCUT2D eigenvalue weighted by Gasteiger charge is -2.24. The number of aliphatic carboxylic acids is 1. The molecular weight excluding hydrogens is 252 g/mol.